The highest BCUT2D eigenvalue weighted by molar-refractivity contribution is 6.82. The lowest BCUT2D eigenvalue weighted by Crippen LogP contribution is -2.22. The van der Waals surface area contributed by atoms with Gasteiger partial charge in [-0.2, -0.15) is 0 Å². The number of rotatable bonds is 2. The average molecular weight is 144 g/mol. The highest BCUT2D eigenvalue weighted by Gasteiger charge is 2.13. The summed E-state index contributed by atoms with van der Waals surface area (Å²) in [6, 6.07) is 0. The number of aliphatic hydroxyl groups excluding tert-OH is 1. The van der Waals surface area contributed by atoms with E-state index in [1.165, 1.54) is 5.20 Å². The lowest BCUT2D eigenvalue weighted by molar-refractivity contribution is 0.342. The summed E-state index contributed by atoms with van der Waals surface area (Å²) in [6.07, 6.45) is 1.91. The van der Waals surface area contributed by atoms with E-state index in [9.17, 15) is 0 Å². The summed E-state index contributed by atoms with van der Waals surface area (Å²) < 4.78 is 0. The smallest absolute Gasteiger partial charge is 0.0717 e. The van der Waals surface area contributed by atoms with Crippen LogP contribution in [0.3, 0.4) is 0 Å². The van der Waals surface area contributed by atoms with Crippen LogP contribution in [0.1, 0.15) is 6.92 Å². The zero-order valence-corrected chi connectivity index (χ0v) is 7.73. The molecule has 0 saturated heterocycles. The first-order valence-electron chi connectivity index (χ1n) is 3.26. The minimum absolute atomic E-state index is 0.191. The van der Waals surface area contributed by atoms with Crippen LogP contribution in [-0.4, -0.2) is 19.8 Å². The summed E-state index contributed by atoms with van der Waals surface area (Å²) >= 11 is 0. The van der Waals surface area contributed by atoms with Gasteiger partial charge in [0.25, 0.3) is 0 Å². The number of allylic oxidation sites excluding steroid dienone is 1. The van der Waals surface area contributed by atoms with Gasteiger partial charge in [0.1, 0.15) is 0 Å². The van der Waals surface area contributed by atoms with Gasteiger partial charge in [0.2, 0.25) is 0 Å². The third kappa shape index (κ3) is 3.49. The Bertz CT molecular complexity index is 111. The van der Waals surface area contributed by atoms with Crippen molar-refractivity contribution in [3.8, 4) is 0 Å². The van der Waals surface area contributed by atoms with E-state index in [0.29, 0.717) is 0 Å². The van der Waals surface area contributed by atoms with Crippen LogP contribution in [0.25, 0.3) is 0 Å². The van der Waals surface area contributed by atoms with E-state index in [4.69, 9.17) is 5.11 Å². The molecule has 9 heavy (non-hydrogen) atoms. The third-order valence-corrected chi connectivity index (χ3v) is 4.15. The van der Waals surface area contributed by atoms with Crippen LogP contribution in [0.5, 0.6) is 0 Å². The summed E-state index contributed by atoms with van der Waals surface area (Å²) in [5, 5.41) is 9.93. The SMILES string of the molecule is C/C(=C/CO)[Si](C)(C)C. The first kappa shape index (κ1) is 8.92. The molecule has 54 valence electrons. The molecule has 0 heterocycles. The molecule has 0 aliphatic carbocycles. The molecule has 0 saturated carbocycles. The maximum atomic E-state index is 8.55. The van der Waals surface area contributed by atoms with Crippen LogP contribution in [0, 0.1) is 0 Å². The molecular formula is C7H16OSi. The highest BCUT2D eigenvalue weighted by atomic mass is 28.3. The maximum absolute atomic E-state index is 8.55. The molecule has 0 spiro atoms. The summed E-state index contributed by atoms with van der Waals surface area (Å²) in [4.78, 5) is 0. The first-order chi connectivity index (χ1) is 3.98. The molecule has 0 bridgehead atoms. The van der Waals surface area contributed by atoms with Gasteiger partial charge in [-0.15, -0.1) is 0 Å². The van der Waals surface area contributed by atoms with E-state index in [1.807, 2.05) is 6.08 Å². The second-order valence-electron chi connectivity index (χ2n) is 3.32. The minimum Gasteiger partial charge on any atom is -0.392 e. The van der Waals surface area contributed by atoms with Crippen LogP contribution < -0.4 is 0 Å². The average Bonchev–Trinajstić information content (AvgIpc) is 1.64. The van der Waals surface area contributed by atoms with Gasteiger partial charge in [-0.1, -0.05) is 30.9 Å². The molecule has 0 unspecified atom stereocenters. The predicted molar refractivity (Wildman–Crippen MR) is 44.2 cm³/mol. The van der Waals surface area contributed by atoms with Crippen molar-refractivity contribution in [2.75, 3.05) is 6.61 Å². The van der Waals surface area contributed by atoms with E-state index in [2.05, 4.69) is 26.6 Å². The predicted octanol–water partition coefficient (Wildman–Crippen LogP) is 1.80. The molecule has 0 aromatic heterocycles. The van der Waals surface area contributed by atoms with E-state index in [-0.39, 0.29) is 6.61 Å². The molecule has 0 amide bonds. The van der Waals surface area contributed by atoms with Crippen LogP contribution in [0.2, 0.25) is 19.6 Å². The molecule has 0 aromatic carbocycles. The van der Waals surface area contributed by atoms with Gasteiger partial charge >= 0.3 is 0 Å². The Labute approximate surface area is 58.4 Å². The second-order valence-corrected chi connectivity index (χ2v) is 8.61. The van der Waals surface area contributed by atoms with Crippen LogP contribution in [0.4, 0.5) is 0 Å². The van der Waals surface area contributed by atoms with Crippen molar-refractivity contribution in [3.05, 3.63) is 11.3 Å². The van der Waals surface area contributed by atoms with E-state index in [0.717, 1.165) is 0 Å². The minimum atomic E-state index is -1.08. The standard InChI is InChI=1S/C7H16OSi/c1-7(5-6-8)9(2,3)4/h5,8H,6H2,1-4H3/b7-5-. The van der Waals surface area contributed by atoms with Crippen LogP contribution in [-0.2, 0) is 0 Å². The Hall–Kier alpha value is -0.0831. The van der Waals surface area contributed by atoms with Crippen molar-refractivity contribution in [3.63, 3.8) is 0 Å². The van der Waals surface area contributed by atoms with Crippen LogP contribution in [0.15, 0.2) is 11.3 Å². The number of hydrogen-bond donors (Lipinski definition) is 1. The molecule has 0 atom stereocenters. The third-order valence-electron chi connectivity index (χ3n) is 1.58. The van der Waals surface area contributed by atoms with Crippen molar-refractivity contribution in [1.82, 2.24) is 0 Å². The molecular weight excluding hydrogens is 128 g/mol. The Morgan fingerprint density at radius 2 is 1.89 bits per heavy atom. The van der Waals surface area contributed by atoms with Crippen LogP contribution >= 0.6 is 0 Å². The van der Waals surface area contributed by atoms with Gasteiger partial charge in [-0.25, -0.2) is 0 Å². The zero-order valence-electron chi connectivity index (χ0n) is 6.73. The Morgan fingerprint density at radius 1 is 1.44 bits per heavy atom. The quantitative estimate of drug-likeness (QED) is 0.586. The lowest BCUT2D eigenvalue weighted by Gasteiger charge is -2.16. The monoisotopic (exact) mass is 144 g/mol. The van der Waals surface area contributed by atoms with Crippen molar-refractivity contribution < 1.29 is 5.11 Å². The van der Waals surface area contributed by atoms with Gasteiger partial charge in [0.05, 0.1) is 14.7 Å². The molecule has 0 rings (SSSR count). The van der Waals surface area contributed by atoms with Gasteiger partial charge < -0.3 is 5.11 Å². The van der Waals surface area contributed by atoms with Crippen molar-refractivity contribution in [1.29, 1.82) is 0 Å². The normalized spacial score (nSPS) is 14.1. The Balaban J connectivity index is 4.03. The molecule has 0 aliphatic heterocycles. The first-order valence-corrected chi connectivity index (χ1v) is 6.76. The summed E-state index contributed by atoms with van der Waals surface area (Å²) in [5.74, 6) is 0. The highest BCUT2D eigenvalue weighted by Crippen LogP contribution is 2.12. The topological polar surface area (TPSA) is 20.2 Å². The Kier molecular flexibility index (Phi) is 3.15. The molecule has 0 radical (unpaired) electrons. The van der Waals surface area contributed by atoms with E-state index < -0.39 is 8.07 Å². The summed E-state index contributed by atoms with van der Waals surface area (Å²) in [7, 11) is -1.08. The van der Waals surface area contributed by atoms with Crippen molar-refractivity contribution in [2.45, 2.75) is 26.6 Å². The molecule has 0 aromatic rings. The van der Waals surface area contributed by atoms with E-state index >= 15 is 0 Å². The number of aliphatic hydroxyl groups is 1. The summed E-state index contributed by atoms with van der Waals surface area (Å²) in [5.41, 5.74) is 0. The molecule has 1 N–H and O–H groups in total. The molecule has 0 fully saturated rings. The fraction of sp³-hybridized carbons (Fsp3) is 0.714. The second kappa shape index (κ2) is 3.18. The molecule has 0 aliphatic rings. The lowest BCUT2D eigenvalue weighted by atomic mass is 10.5. The van der Waals surface area contributed by atoms with Crippen molar-refractivity contribution in [2.24, 2.45) is 0 Å². The largest absolute Gasteiger partial charge is 0.392 e. The van der Waals surface area contributed by atoms with Gasteiger partial charge in [0, 0.05) is 0 Å². The zero-order chi connectivity index (χ0) is 7.49. The summed E-state index contributed by atoms with van der Waals surface area (Å²) in [6.45, 7) is 9.11. The van der Waals surface area contributed by atoms with E-state index in [1.54, 1.807) is 0 Å². The fourth-order valence-electron chi connectivity index (χ4n) is 0.443. The molecule has 2 heteroatoms. The van der Waals surface area contributed by atoms with Gasteiger partial charge in [-0.05, 0) is 6.92 Å². The maximum Gasteiger partial charge on any atom is 0.0717 e. The number of hydrogen-bond acceptors (Lipinski definition) is 1. The van der Waals surface area contributed by atoms with Gasteiger partial charge in [0.15, 0.2) is 0 Å². The van der Waals surface area contributed by atoms with Gasteiger partial charge in [-0.3, -0.25) is 0 Å². The van der Waals surface area contributed by atoms with Crippen molar-refractivity contribution >= 4 is 8.07 Å². The fourth-order valence-corrected chi connectivity index (χ4v) is 1.15. The Morgan fingerprint density at radius 3 is 2.00 bits per heavy atom. The molecule has 1 nitrogen and oxygen atoms in total.